The van der Waals surface area contributed by atoms with Gasteiger partial charge in [0.25, 0.3) is 0 Å². The molecule has 1 aromatic carbocycles. The molecule has 0 aliphatic carbocycles. The van der Waals surface area contributed by atoms with Crippen LogP contribution in [0.3, 0.4) is 0 Å². The average molecular weight is 458 g/mol. The van der Waals surface area contributed by atoms with Crippen molar-refractivity contribution in [1.82, 2.24) is 19.4 Å². The van der Waals surface area contributed by atoms with E-state index in [4.69, 9.17) is 9.72 Å². The first kappa shape index (κ1) is 22.2. The molecule has 168 valence electrons. The first-order valence-corrected chi connectivity index (χ1v) is 10.2. The largest absolute Gasteiger partial charge is 0.436 e. The third-order valence-corrected chi connectivity index (χ3v) is 5.90. The second kappa shape index (κ2) is 8.18. The van der Waals surface area contributed by atoms with Crippen LogP contribution < -0.4 is 4.74 Å². The highest BCUT2D eigenvalue weighted by Crippen LogP contribution is 2.33. The highest BCUT2D eigenvalue weighted by molar-refractivity contribution is 7.59. The lowest BCUT2D eigenvalue weighted by atomic mass is 10.00. The third-order valence-electron chi connectivity index (χ3n) is 5.90. The maximum absolute atomic E-state index is 13.6. The number of benzene rings is 1. The summed E-state index contributed by atoms with van der Waals surface area (Å²) in [5.74, 6) is -0.404. The van der Waals surface area contributed by atoms with Crippen LogP contribution in [0.4, 0.5) is 10.2 Å². The predicted molar refractivity (Wildman–Crippen MR) is 122 cm³/mol. The molecule has 2 aliphatic rings. The van der Waals surface area contributed by atoms with Crippen molar-refractivity contribution in [2.45, 2.75) is 39.0 Å². The monoisotopic (exact) mass is 457 g/mol. The molecule has 1 atom stereocenters. The Morgan fingerprint density at radius 3 is 2.81 bits per heavy atom. The SMILES string of the molecule is Cc1cc(-c2ccc3c(n2)CCN(C[C@@]2(C)Cn4cc([N+](=O)[O-])nc4O2)C3)ccc1F.S. The molecule has 0 bridgehead atoms. The molecule has 0 amide bonds. The second-order valence-electron chi connectivity index (χ2n) is 8.55. The van der Waals surface area contributed by atoms with Crippen LogP contribution in [-0.2, 0) is 19.5 Å². The molecule has 3 aromatic rings. The van der Waals surface area contributed by atoms with Gasteiger partial charge in [-0.15, -0.1) is 0 Å². The molecular formula is C22H24FN5O3S. The normalized spacial score (nSPS) is 19.6. The highest BCUT2D eigenvalue weighted by Gasteiger charge is 2.41. The molecule has 2 aliphatic heterocycles. The molecule has 2 aromatic heterocycles. The molecule has 0 N–H and O–H groups in total. The molecule has 0 saturated carbocycles. The molecule has 0 unspecified atom stereocenters. The van der Waals surface area contributed by atoms with Crippen LogP contribution in [-0.4, -0.2) is 43.0 Å². The molecule has 5 rings (SSSR count). The smallest absolute Gasteiger partial charge is 0.415 e. The first-order chi connectivity index (χ1) is 14.8. The zero-order valence-corrected chi connectivity index (χ0v) is 18.8. The molecule has 0 spiro atoms. The Balaban J connectivity index is 0.00000245. The number of fused-ring (bicyclic) bond motifs is 2. The van der Waals surface area contributed by atoms with Gasteiger partial charge < -0.3 is 14.9 Å². The molecule has 0 radical (unpaired) electrons. The molecule has 0 fully saturated rings. The minimum atomic E-state index is -0.512. The van der Waals surface area contributed by atoms with Crippen molar-refractivity contribution < 1.29 is 14.1 Å². The number of pyridine rings is 1. The van der Waals surface area contributed by atoms with Crippen LogP contribution in [0.2, 0.25) is 0 Å². The topological polar surface area (TPSA) is 86.3 Å². The van der Waals surface area contributed by atoms with Gasteiger partial charge in [-0.25, -0.2) is 4.39 Å². The van der Waals surface area contributed by atoms with Crippen molar-refractivity contribution >= 4 is 19.3 Å². The number of hydrogen-bond acceptors (Lipinski definition) is 6. The van der Waals surface area contributed by atoms with Crippen molar-refractivity contribution in [2.75, 3.05) is 13.1 Å². The van der Waals surface area contributed by atoms with E-state index in [1.807, 2.05) is 19.1 Å². The summed E-state index contributed by atoms with van der Waals surface area (Å²) in [5.41, 5.74) is 4.13. The molecule has 32 heavy (non-hydrogen) atoms. The number of imidazole rings is 1. The van der Waals surface area contributed by atoms with E-state index in [1.165, 1.54) is 17.8 Å². The van der Waals surface area contributed by atoms with Crippen LogP contribution >= 0.6 is 13.5 Å². The van der Waals surface area contributed by atoms with Crippen molar-refractivity contribution in [3.8, 4) is 17.3 Å². The number of ether oxygens (including phenoxy) is 1. The molecule has 8 nitrogen and oxygen atoms in total. The Hall–Kier alpha value is -2.98. The van der Waals surface area contributed by atoms with E-state index in [1.54, 1.807) is 17.6 Å². The van der Waals surface area contributed by atoms with E-state index < -0.39 is 10.5 Å². The van der Waals surface area contributed by atoms with E-state index in [0.717, 1.165) is 36.5 Å². The van der Waals surface area contributed by atoms with E-state index in [9.17, 15) is 14.5 Å². The van der Waals surface area contributed by atoms with E-state index in [-0.39, 0.29) is 25.1 Å². The quantitative estimate of drug-likeness (QED) is 0.439. The van der Waals surface area contributed by atoms with E-state index in [0.29, 0.717) is 24.7 Å². The summed E-state index contributed by atoms with van der Waals surface area (Å²) >= 11 is 0. The standard InChI is InChI=1S/C22H22FN5O3.H2S/c1-14-9-15(3-5-17(14)23)18-6-4-16-10-26(8-7-19(16)24-18)12-22(2)13-27-11-20(28(29)30)25-21(27)31-22;/h3-6,9,11H,7-8,10,12-13H2,1-2H3;1H2/t22-;/m0./s1. The minimum Gasteiger partial charge on any atom is -0.436 e. The summed E-state index contributed by atoms with van der Waals surface area (Å²) in [7, 11) is 0. The zero-order chi connectivity index (χ0) is 21.8. The van der Waals surface area contributed by atoms with E-state index >= 15 is 0 Å². The first-order valence-electron chi connectivity index (χ1n) is 10.2. The number of aryl methyl sites for hydroxylation is 1. The van der Waals surface area contributed by atoms with Gasteiger partial charge in [-0.3, -0.25) is 14.5 Å². The summed E-state index contributed by atoms with van der Waals surface area (Å²) in [4.78, 5) is 21.5. The Kier molecular flexibility index (Phi) is 5.68. The summed E-state index contributed by atoms with van der Waals surface area (Å²) < 4.78 is 21.3. The van der Waals surface area contributed by atoms with Gasteiger partial charge in [0.05, 0.1) is 12.2 Å². The van der Waals surface area contributed by atoms with E-state index in [2.05, 4.69) is 16.0 Å². The van der Waals surface area contributed by atoms with Gasteiger partial charge in [0.15, 0.2) is 0 Å². The van der Waals surface area contributed by atoms with Crippen molar-refractivity contribution in [2.24, 2.45) is 0 Å². The lowest BCUT2D eigenvalue weighted by Gasteiger charge is -2.34. The van der Waals surface area contributed by atoms with Gasteiger partial charge in [-0.05, 0) is 54.2 Å². The van der Waals surface area contributed by atoms with Gasteiger partial charge in [0.2, 0.25) is 0 Å². The number of hydrogen-bond donors (Lipinski definition) is 0. The van der Waals surface area contributed by atoms with Gasteiger partial charge in [-0.2, -0.15) is 13.5 Å². The van der Waals surface area contributed by atoms with Gasteiger partial charge in [-0.1, -0.05) is 6.07 Å². The fourth-order valence-electron chi connectivity index (χ4n) is 4.41. The van der Waals surface area contributed by atoms with Crippen molar-refractivity contribution in [3.05, 3.63) is 69.3 Å². The number of aromatic nitrogens is 3. The Morgan fingerprint density at radius 1 is 1.28 bits per heavy atom. The lowest BCUT2D eigenvalue weighted by molar-refractivity contribution is -0.389. The maximum atomic E-state index is 13.6. The van der Waals surface area contributed by atoms with Gasteiger partial charge in [0.1, 0.15) is 17.6 Å². The predicted octanol–water partition coefficient (Wildman–Crippen LogP) is 3.62. The average Bonchev–Trinajstić information content (AvgIpc) is 3.24. The second-order valence-corrected chi connectivity index (χ2v) is 8.55. The highest BCUT2D eigenvalue weighted by atomic mass is 32.1. The number of nitrogens with zero attached hydrogens (tertiary/aromatic N) is 5. The van der Waals surface area contributed by atoms with Crippen LogP contribution in [0.25, 0.3) is 11.3 Å². The van der Waals surface area contributed by atoms with Crippen molar-refractivity contribution in [3.63, 3.8) is 0 Å². The number of rotatable bonds is 4. The summed E-state index contributed by atoms with van der Waals surface area (Å²) in [6.07, 6.45) is 2.24. The fourth-order valence-corrected chi connectivity index (χ4v) is 4.41. The Labute approximate surface area is 191 Å². The third kappa shape index (κ3) is 4.07. The van der Waals surface area contributed by atoms with Crippen LogP contribution in [0.1, 0.15) is 23.7 Å². The van der Waals surface area contributed by atoms with Crippen molar-refractivity contribution in [1.29, 1.82) is 0 Å². The minimum absolute atomic E-state index is 0. The Morgan fingerprint density at radius 2 is 2.09 bits per heavy atom. The maximum Gasteiger partial charge on any atom is 0.415 e. The number of nitro groups is 1. The molecule has 4 heterocycles. The fraction of sp³-hybridized carbons (Fsp3) is 0.364. The summed E-state index contributed by atoms with van der Waals surface area (Å²) in [5, 5.41) is 10.9. The summed E-state index contributed by atoms with van der Waals surface area (Å²) in [6.45, 7) is 6.56. The summed E-state index contributed by atoms with van der Waals surface area (Å²) in [6, 6.07) is 9.44. The molecule has 0 saturated heterocycles. The number of halogens is 1. The van der Waals surface area contributed by atoms with Gasteiger partial charge >= 0.3 is 11.8 Å². The van der Waals surface area contributed by atoms with Crippen LogP contribution in [0.15, 0.2) is 36.5 Å². The van der Waals surface area contributed by atoms with Crippen LogP contribution in [0.5, 0.6) is 6.01 Å². The lowest BCUT2D eigenvalue weighted by Crippen LogP contribution is -2.46. The van der Waals surface area contributed by atoms with Gasteiger partial charge in [0, 0.05) is 42.3 Å². The molecular weight excluding hydrogens is 433 g/mol. The van der Waals surface area contributed by atoms with Crippen LogP contribution in [0, 0.1) is 22.9 Å². The Bertz CT molecular complexity index is 1170. The molecule has 10 heteroatoms. The zero-order valence-electron chi connectivity index (χ0n) is 17.8.